The van der Waals surface area contributed by atoms with Crippen molar-refractivity contribution in [1.29, 1.82) is 5.26 Å². The smallest absolute Gasteiger partial charge is 0.266 e. The van der Waals surface area contributed by atoms with Crippen LogP contribution < -0.4 is 19.7 Å². The Morgan fingerprint density at radius 3 is 2.38 bits per heavy atom. The summed E-state index contributed by atoms with van der Waals surface area (Å²) in [4.78, 5) is 14.9. The minimum atomic E-state index is -0.456. The van der Waals surface area contributed by atoms with Gasteiger partial charge in [-0.3, -0.25) is 4.79 Å². The lowest BCUT2D eigenvalue weighted by Crippen LogP contribution is -2.21. The Morgan fingerprint density at radius 2 is 1.81 bits per heavy atom. The van der Waals surface area contributed by atoms with E-state index in [4.69, 9.17) is 9.47 Å². The number of carbonyl (C=O) groups is 1. The van der Waals surface area contributed by atoms with Crippen LogP contribution in [0.5, 0.6) is 11.5 Å². The van der Waals surface area contributed by atoms with Crippen LogP contribution in [0.3, 0.4) is 0 Å². The molecule has 170 valence electrons. The summed E-state index contributed by atoms with van der Waals surface area (Å²) in [5.74, 6) is 0.828. The van der Waals surface area contributed by atoms with E-state index in [1.54, 1.807) is 12.1 Å². The number of ether oxygens (including phenoxy) is 2. The summed E-state index contributed by atoms with van der Waals surface area (Å²) < 4.78 is 12.4. The van der Waals surface area contributed by atoms with E-state index in [1.807, 2.05) is 50.2 Å². The molecular weight excluding hydrogens is 517 g/mol. The van der Waals surface area contributed by atoms with Crippen molar-refractivity contribution in [1.82, 2.24) is 0 Å². The number of carbonyl (C=O) groups excluding carboxylic acids is 1. The van der Waals surface area contributed by atoms with Crippen molar-refractivity contribution < 1.29 is 14.3 Å². The molecule has 0 aliphatic rings. The van der Waals surface area contributed by atoms with Crippen molar-refractivity contribution in [2.45, 2.75) is 34.1 Å². The van der Waals surface area contributed by atoms with Crippen molar-refractivity contribution >= 4 is 45.9 Å². The third-order valence-electron chi connectivity index (χ3n) is 4.71. The summed E-state index contributed by atoms with van der Waals surface area (Å²) >= 11 is 2.18. The molecule has 0 atom stereocenters. The van der Waals surface area contributed by atoms with Crippen LogP contribution in [0.1, 0.15) is 39.7 Å². The summed E-state index contributed by atoms with van der Waals surface area (Å²) in [5, 5.41) is 12.4. The molecule has 0 unspecified atom stereocenters. The van der Waals surface area contributed by atoms with Crippen molar-refractivity contribution in [3.05, 3.63) is 51.1 Å². The molecule has 2 rings (SSSR count). The molecule has 0 aliphatic carbocycles. The Labute approximate surface area is 204 Å². The van der Waals surface area contributed by atoms with E-state index in [0.29, 0.717) is 36.0 Å². The average Bonchev–Trinajstić information content (AvgIpc) is 2.79. The number of hydrogen-bond acceptors (Lipinski definition) is 5. The second-order valence-corrected chi connectivity index (χ2v) is 8.12. The van der Waals surface area contributed by atoms with Gasteiger partial charge in [0.2, 0.25) is 0 Å². The Kier molecular flexibility index (Phi) is 10.3. The summed E-state index contributed by atoms with van der Waals surface area (Å²) in [6.45, 7) is 11.0. The molecule has 0 aromatic heterocycles. The number of anilines is 2. The Morgan fingerprint density at radius 1 is 1.12 bits per heavy atom. The predicted octanol–water partition coefficient (Wildman–Crippen LogP) is 5.87. The van der Waals surface area contributed by atoms with Gasteiger partial charge in [-0.2, -0.15) is 5.26 Å². The molecule has 0 spiro atoms. The number of halogens is 1. The van der Waals surface area contributed by atoms with Gasteiger partial charge in [-0.05, 0) is 97.8 Å². The van der Waals surface area contributed by atoms with E-state index in [9.17, 15) is 10.1 Å². The Hall–Kier alpha value is -2.73. The third kappa shape index (κ3) is 6.89. The minimum absolute atomic E-state index is 0.0123. The maximum absolute atomic E-state index is 12.7. The number of nitriles is 1. The van der Waals surface area contributed by atoms with Crippen LogP contribution in [-0.2, 0) is 4.79 Å². The number of benzene rings is 2. The lowest BCUT2D eigenvalue weighted by atomic mass is 10.1. The highest BCUT2D eigenvalue weighted by Crippen LogP contribution is 2.35. The second kappa shape index (κ2) is 13.0. The zero-order chi connectivity index (χ0) is 23.5. The zero-order valence-electron chi connectivity index (χ0n) is 19.1. The fourth-order valence-electron chi connectivity index (χ4n) is 3.14. The maximum Gasteiger partial charge on any atom is 0.266 e. The highest BCUT2D eigenvalue weighted by molar-refractivity contribution is 14.1. The molecule has 0 saturated carbocycles. The molecule has 2 aromatic rings. The number of amides is 1. The van der Waals surface area contributed by atoms with Crippen molar-refractivity contribution in [2.75, 3.05) is 36.5 Å². The quantitative estimate of drug-likeness (QED) is 0.216. The van der Waals surface area contributed by atoms with Gasteiger partial charge >= 0.3 is 0 Å². The molecule has 0 bridgehead atoms. The topological polar surface area (TPSA) is 74.6 Å². The summed E-state index contributed by atoms with van der Waals surface area (Å²) in [5.41, 5.74) is 2.44. The van der Waals surface area contributed by atoms with Crippen LogP contribution >= 0.6 is 22.6 Å². The first-order valence-electron chi connectivity index (χ1n) is 10.8. The first-order chi connectivity index (χ1) is 15.5. The van der Waals surface area contributed by atoms with E-state index < -0.39 is 5.91 Å². The lowest BCUT2D eigenvalue weighted by Gasteiger charge is -2.21. The van der Waals surface area contributed by atoms with Crippen LogP contribution in [0.2, 0.25) is 0 Å². The van der Waals surface area contributed by atoms with Crippen LogP contribution in [0.4, 0.5) is 11.4 Å². The van der Waals surface area contributed by atoms with Gasteiger partial charge in [0.1, 0.15) is 11.6 Å². The predicted molar refractivity (Wildman–Crippen MR) is 138 cm³/mol. The van der Waals surface area contributed by atoms with Crippen molar-refractivity contribution in [2.24, 2.45) is 0 Å². The maximum atomic E-state index is 12.7. The fraction of sp³-hybridized carbons (Fsp3) is 0.360. The third-order valence-corrected chi connectivity index (χ3v) is 5.51. The number of rotatable bonds is 11. The van der Waals surface area contributed by atoms with Crippen molar-refractivity contribution in [3.8, 4) is 17.6 Å². The Bertz CT molecular complexity index is 977. The van der Waals surface area contributed by atoms with Crippen LogP contribution in [-0.4, -0.2) is 32.2 Å². The average molecular weight is 547 g/mol. The SMILES string of the molecule is CCCOc1c(I)cc(/C=C(/C#N)C(=O)Nc2ccc(N(CC)CC)cc2)cc1OCC. The molecule has 0 heterocycles. The van der Waals surface area contributed by atoms with Crippen LogP contribution in [0, 0.1) is 14.9 Å². The number of hydrogen-bond donors (Lipinski definition) is 1. The van der Waals surface area contributed by atoms with E-state index in [0.717, 1.165) is 28.8 Å². The number of nitrogens with one attached hydrogen (secondary N) is 1. The van der Waals surface area contributed by atoms with Gasteiger partial charge in [-0.25, -0.2) is 0 Å². The highest BCUT2D eigenvalue weighted by Gasteiger charge is 2.14. The van der Waals surface area contributed by atoms with Gasteiger partial charge in [0.05, 0.1) is 16.8 Å². The molecule has 0 saturated heterocycles. The summed E-state index contributed by atoms with van der Waals surface area (Å²) in [7, 11) is 0. The van der Waals surface area contributed by atoms with Gasteiger partial charge in [0.15, 0.2) is 11.5 Å². The van der Waals surface area contributed by atoms with E-state index in [1.165, 1.54) is 0 Å². The molecule has 1 amide bonds. The van der Waals surface area contributed by atoms with Gasteiger partial charge in [-0.15, -0.1) is 0 Å². The monoisotopic (exact) mass is 547 g/mol. The molecule has 0 aliphatic heterocycles. The molecule has 2 aromatic carbocycles. The standard InChI is InChI=1S/C25H30IN3O3/c1-5-13-32-24-22(26)15-18(16-23(24)31-8-4)14-19(17-27)25(30)28-20-9-11-21(12-10-20)29(6-2)7-3/h9-12,14-16H,5-8,13H2,1-4H3,(H,28,30)/b19-14-. The minimum Gasteiger partial charge on any atom is -0.490 e. The van der Waals surface area contributed by atoms with E-state index in [-0.39, 0.29) is 5.57 Å². The zero-order valence-corrected chi connectivity index (χ0v) is 21.2. The molecule has 32 heavy (non-hydrogen) atoms. The van der Waals surface area contributed by atoms with Gasteiger partial charge < -0.3 is 19.7 Å². The molecule has 0 fully saturated rings. The first-order valence-corrected chi connectivity index (χ1v) is 11.9. The van der Waals surface area contributed by atoms with E-state index >= 15 is 0 Å². The summed E-state index contributed by atoms with van der Waals surface area (Å²) in [6, 6.07) is 13.3. The molecule has 1 N–H and O–H groups in total. The normalized spacial score (nSPS) is 10.9. The molecule has 0 radical (unpaired) electrons. The van der Waals surface area contributed by atoms with Gasteiger partial charge in [0.25, 0.3) is 5.91 Å². The van der Waals surface area contributed by atoms with Crippen LogP contribution in [0.25, 0.3) is 6.08 Å². The van der Waals surface area contributed by atoms with Crippen molar-refractivity contribution in [3.63, 3.8) is 0 Å². The first kappa shape index (κ1) is 25.5. The highest BCUT2D eigenvalue weighted by atomic mass is 127. The van der Waals surface area contributed by atoms with Gasteiger partial charge in [0, 0.05) is 24.5 Å². The summed E-state index contributed by atoms with van der Waals surface area (Å²) in [6.07, 6.45) is 2.45. The van der Waals surface area contributed by atoms with E-state index in [2.05, 4.69) is 46.7 Å². The molecular formula is C25H30IN3O3. The van der Waals surface area contributed by atoms with Gasteiger partial charge in [-0.1, -0.05) is 6.92 Å². The fourth-order valence-corrected chi connectivity index (χ4v) is 3.92. The lowest BCUT2D eigenvalue weighted by molar-refractivity contribution is -0.112. The molecule has 6 nitrogen and oxygen atoms in total. The Balaban J connectivity index is 2.24. The molecule has 7 heteroatoms. The number of nitrogens with zero attached hydrogens (tertiary/aromatic N) is 2. The second-order valence-electron chi connectivity index (χ2n) is 6.95. The largest absolute Gasteiger partial charge is 0.490 e. The van der Waals surface area contributed by atoms with Crippen LogP contribution in [0.15, 0.2) is 42.0 Å².